The molecule has 0 saturated carbocycles. The third kappa shape index (κ3) is 3.90. The Morgan fingerprint density at radius 2 is 2.50 bits per heavy atom. The van der Waals surface area contributed by atoms with Gasteiger partial charge in [0.2, 0.25) is 5.91 Å². The Bertz CT molecular complexity index is 337. The van der Waals surface area contributed by atoms with E-state index in [-0.39, 0.29) is 18.5 Å². The van der Waals surface area contributed by atoms with Gasteiger partial charge in [0.25, 0.3) is 0 Å². The number of nitrogen functional groups attached to an aromatic ring is 1. The first-order valence-corrected chi connectivity index (χ1v) is 5.22. The van der Waals surface area contributed by atoms with Crippen LogP contribution in [-0.2, 0) is 16.1 Å². The van der Waals surface area contributed by atoms with E-state index in [1.54, 1.807) is 13.3 Å². The number of aromatic nitrogens is 2. The minimum Gasteiger partial charge on any atom is -0.396 e. The number of hydrogen-bond donors (Lipinski definition) is 2. The normalized spacial score (nSPS) is 12.4. The van der Waals surface area contributed by atoms with Crippen molar-refractivity contribution in [1.82, 2.24) is 15.1 Å². The molecule has 1 unspecified atom stereocenters. The average molecular weight is 226 g/mol. The Hall–Kier alpha value is -1.56. The average Bonchev–Trinajstić information content (AvgIpc) is 2.63. The molecular formula is C10H18N4O2. The SMILES string of the molecule is CCC(COC)NC(=O)Cn1cc(N)cn1. The van der Waals surface area contributed by atoms with Gasteiger partial charge in [-0.15, -0.1) is 0 Å². The van der Waals surface area contributed by atoms with E-state index in [4.69, 9.17) is 10.5 Å². The van der Waals surface area contributed by atoms with Crippen molar-refractivity contribution in [2.24, 2.45) is 0 Å². The molecule has 0 aromatic carbocycles. The van der Waals surface area contributed by atoms with Crippen LogP contribution < -0.4 is 11.1 Å². The third-order valence-electron chi connectivity index (χ3n) is 2.18. The molecule has 0 saturated heterocycles. The van der Waals surface area contributed by atoms with Crippen LogP contribution in [0.5, 0.6) is 0 Å². The molecule has 0 radical (unpaired) electrons. The monoisotopic (exact) mass is 226 g/mol. The summed E-state index contributed by atoms with van der Waals surface area (Å²) >= 11 is 0. The molecule has 6 heteroatoms. The fourth-order valence-corrected chi connectivity index (χ4v) is 1.35. The number of carbonyl (C=O) groups excluding carboxylic acids is 1. The minimum absolute atomic E-state index is 0.0467. The Morgan fingerprint density at radius 1 is 1.75 bits per heavy atom. The van der Waals surface area contributed by atoms with E-state index in [1.807, 2.05) is 6.92 Å². The molecule has 0 aliphatic carbocycles. The summed E-state index contributed by atoms with van der Waals surface area (Å²) in [6.45, 7) is 2.69. The molecule has 0 aliphatic heterocycles. The van der Waals surface area contributed by atoms with Crippen LogP contribution in [0.2, 0.25) is 0 Å². The Labute approximate surface area is 94.8 Å². The number of amides is 1. The zero-order chi connectivity index (χ0) is 12.0. The lowest BCUT2D eigenvalue weighted by atomic mass is 10.2. The van der Waals surface area contributed by atoms with Gasteiger partial charge in [0.1, 0.15) is 6.54 Å². The maximum Gasteiger partial charge on any atom is 0.242 e. The summed E-state index contributed by atoms with van der Waals surface area (Å²) in [5.41, 5.74) is 6.05. The first-order chi connectivity index (χ1) is 7.65. The van der Waals surface area contributed by atoms with E-state index in [0.717, 1.165) is 6.42 Å². The second-order valence-electron chi connectivity index (χ2n) is 3.60. The van der Waals surface area contributed by atoms with Gasteiger partial charge < -0.3 is 15.8 Å². The summed E-state index contributed by atoms with van der Waals surface area (Å²) in [5.74, 6) is -0.0907. The van der Waals surface area contributed by atoms with Gasteiger partial charge in [-0.1, -0.05) is 6.92 Å². The largest absolute Gasteiger partial charge is 0.396 e. The number of anilines is 1. The van der Waals surface area contributed by atoms with E-state index in [0.29, 0.717) is 12.3 Å². The number of nitrogens with zero attached hydrogens (tertiary/aromatic N) is 2. The van der Waals surface area contributed by atoms with Gasteiger partial charge in [-0.05, 0) is 6.42 Å². The maximum absolute atomic E-state index is 11.6. The van der Waals surface area contributed by atoms with Crippen LogP contribution in [0.1, 0.15) is 13.3 Å². The van der Waals surface area contributed by atoms with Crippen molar-refractivity contribution < 1.29 is 9.53 Å². The lowest BCUT2D eigenvalue weighted by Crippen LogP contribution is -2.39. The molecule has 1 heterocycles. The molecule has 0 spiro atoms. The van der Waals surface area contributed by atoms with E-state index in [9.17, 15) is 4.79 Å². The molecule has 3 N–H and O–H groups in total. The van der Waals surface area contributed by atoms with Crippen LogP contribution in [0.15, 0.2) is 12.4 Å². The molecule has 1 aromatic rings. The zero-order valence-corrected chi connectivity index (χ0v) is 9.64. The van der Waals surface area contributed by atoms with Crippen LogP contribution in [0.4, 0.5) is 5.69 Å². The fourth-order valence-electron chi connectivity index (χ4n) is 1.35. The molecule has 1 rings (SSSR count). The van der Waals surface area contributed by atoms with E-state index in [2.05, 4.69) is 10.4 Å². The molecule has 0 fully saturated rings. The van der Waals surface area contributed by atoms with Gasteiger partial charge in [0, 0.05) is 13.3 Å². The highest BCUT2D eigenvalue weighted by molar-refractivity contribution is 5.76. The van der Waals surface area contributed by atoms with Crippen molar-refractivity contribution in [3.05, 3.63) is 12.4 Å². The summed E-state index contributed by atoms with van der Waals surface area (Å²) in [6.07, 6.45) is 3.97. The van der Waals surface area contributed by atoms with Crippen molar-refractivity contribution in [1.29, 1.82) is 0 Å². The summed E-state index contributed by atoms with van der Waals surface area (Å²) in [7, 11) is 1.61. The van der Waals surface area contributed by atoms with Crippen LogP contribution >= 0.6 is 0 Å². The molecule has 1 amide bonds. The highest BCUT2D eigenvalue weighted by atomic mass is 16.5. The van der Waals surface area contributed by atoms with E-state index >= 15 is 0 Å². The zero-order valence-electron chi connectivity index (χ0n) is 9.64. The van der Waals surface area contributed by atoms with Gasteiger partial charge in [-0.2, -0.15) is 5.10 Å². The fraction of sp³-hybridized carbons (Fsp3) is 0.600. The first-order valence-electron chi connectivity index (χ1n) is 5.22. The predicted molar refractivity (Wildman–Crippen MR) is 60.7 cm³/mol. The number of hydrogen-bond acceptors (Lipinski definition) is 4. The second kappa shape index (κ2) is 6.12. The Morgan fingerprint density at radius 3 is 3.00 bits per heavy atom. The third-order valence-corrected chi connectivity index (χ3v) is 2.18. The first kappa shape index (κ1) is 12.5. The Kier molecular flexibility index (Phi) is 4.78. The number of rotatable bonds is 6. The van der Waals surface area contributed by atoms with Crippen molar-refractivity contribution in [3.8, 4) is 0 Å². The van der Waals surface area contributed by atoms with Crippen molar-refractivity contribution in [2.75, 3.05) is 19.5 Å². The van der Waals surface area contributed by atoms with Gasteiger partial charge in [-0.3, -0.25) is 9.48 Å². The van der Waals surface area contributed by atoms with Gasteiger partial charge >= 0.3 is 0 Å². The molecular weight excluding hydrogens is 208 g/mol. The topological polar surface area (TPSA) is 82.2 Å². The quantitative estimate of drug-likeness (QED) is 0.715. The highest BCUT2D eigenvalue weighted by Gasteiger charge is 2.10. The molecule has 0 bridgehead atoms. The van der Waals surface area contributed by atoms with Crippen LogP contribution in [0.3, 0.4) is 0 Å². The number of methoxy groups -OCH3 is 1. The van der Waals surface area contributed by atoms with E-state index < -0.39 is 0 Å². The molecule has 6 nitrogen and oxygen atoms in total. The smallest absolute Gasteiger partial charge is 0.242 e. The molecule has 16 heavy (non-hydrogen) atoms. The number of carbonyl (C=O) groups is 1. The van der Waals surface area contributed by atoms with Gasteiger partial charge in [0.15, 0.2) is 0 Å². The highest BCUT2D eigenvalue weighted by Crippen LogP contribution is 1.98. The van der Waals surface area contributed by atoms with Gasteiger partial charge in [-0.25, -0.2) is 0 Å². The van der Waals surface area contributed by atoms with Crippen LogP contribution in [0.25, 0.3) is 0 Å². The molecule has 1 atom stereocenters. The standard InChI is InChI=1S/C10H18N4O2/c1-3-9(7-16-2)13-10(15)6-14-5-8(11)4-12-14/h4-5,9H,3,6-7,11H2,1-2H3,(H,13,15). The summed E-state index contributed by atoms with van der Waals surface area (Å²) < 4.78 is 6.50. The van der Waals surface area contributed by atoms with Gasteiger partial charge in [0.05, 0.1) is 24.5 Å². The Balaban J connectivity index is 2.40. The molecule has 90 valence electrons. The lowest BCUT2D eigenvalue weighted by molar-refractivity contribution is -0.123. The summed E-state index contributed by atoms with van der Waals surface area (Å²) in [6, 6.07) is 0.0467. The molecule has 0 aliphatic rings. The second-order valence-corrected chi connectivity index (χ2v) is 3.60. The van der Waals surface area contributed by atoms with Crippen molar-refractivity contribution >= 4 is 11.6 Å². The maximum atomic E-state index is 11.6. The summed E-state index contributed by atoms with van der Waals surface area (Å²) in [5, 5.41) is 6.79. The molecule has 1 aromatic heterocycles. The van der Waals surface area contributed by atoms with Crippen LogP contribution in [0, 0.1) is 0 Å². The number of nitrogens with two attached hydrogens (primary N) is 1. The lowest BCUT2D eigenvalue weighted by Gasteiger charge is -2.15. The van der Waals surface area contributed by atoms with Crippen LogP contribution in [-0.4, -0.2) is 35.4 Å². The number of ether oxygens (including phenoxy) is 1. The van der Waals surface area contributed by atoms with E-state index in [1.165, 1.54) is 10.9 Å². The predicted octanol–water partition coefficient (Wildman–Crippen LogP) is 0.00650. The van der Waals surface area contributed by atoms with Crippen molar-refractivity contribution in [3.63, 3.8) is 0 Å². The van der Waals surface area contributed by atoms with Crippen molar-refractivity contribution in [2.45, 2.75) is 25.9 Å². The minimum atomic E-state index is -0.0907. The number of nitrogens with one attached hydrogen (secondary N) is 1. The summed E-state index contributed by atoms with van der Waals surface area (Å²) in [4.78, 5) is 11.6.